The number of nitrogens with one attached hydrogen (secondary N) is 2. The van der Waals surface area contributed by atoms with Gasteiger partial charge in [0, 0.05) is 12.2 Å². The van der Waals surface area contributed by atoms with Gasteiger partial charge in [-0.15, -0.1) is 0 Å². The molecular formula is C12H16F3N3O3S. The maximum atomic E-state index is 12.8. The zero-order chi connectivity index (χ0) is 17.1. The number of sulfonamides is 1. The Kier molecular flexibility index (Phi) is 5.54. The van der Waals surface area contributed by atoms with E-state index in [-0.39, 0.29) is 17.8 Å². The molecular weight excluding hydrogens is 323 g/mol. The molecule has 0 heterocycles. The van der Waals surface area contributed by atoms with Crippen LogP contribution < -0.4 is 15.8 Å². The quantitative estimate of drug-likeness (QED) is 0.746. The Labute approximate surface area is 125 Å². The smallest absolute Gasteiger partial charge is 0.326 e. The number of hydrogen-bond donors (Lipinski definition) is 3. The number of hydrogen-bond acceptors (Lipinski definition) is 4. The molecule has 124 valence electrons. The summed E-state index contributed by atoms with van der Waals surface area (Å²) in [5.74, 6) is -0.785. The van der Waals surface area contributed by atoms with Crippen LogP contribution in [0, 0.1) is 0 Å². The van der Waals surface area contributed by atoms with E-state index in [1.165, 1.54) is 13.0 Å². The Morgan fingerprint density at radius 3 is 2.36 bits per heavy atom. The van der Waals surface area contributed by atoms with E-state index in [0.717, 1.165) is 18.4 Å². The van der Waals surface area contributed by atoms with Crippen LogP contribution in [0.15, 0.2) is 18.2 Å². The predicted octanol–water partition coefficient (Wildman–Crippen LogP) is 1.04. The van der Waals surface area contributed by atoms with Gasteiger partial charge in [0.15, 0.2) is 0 Å². The van der Waals surface area contributed by atoms with E-state index in [4.69, 9.17) is 5.73 Å². The normalized spacial score (nSPS) is 13.7. The Morgan fingerprint density at radius 2 is 1.91 bits per heavy atom. The lowest BCUT2D eigenvalue weighted by molar-refractivity contribution is -0.137. The van der Waals surface area contributed by atoms with Crippen molar-refractivity contribution in [3.8, 4) is 0 Å². The molecule has 0 radical (unpaired) electrons. The maximum absolute atomic E-state index is 12.8. The number of nitrogens with two attached hydrogens (primary N) is 1. The van der Waals surface area contributed by atoms with E-state index >= 15 is 0 Å². The first-order valence-corrected chi connectivity index (χ1v) is 8.01. The van der Waals surface area contributed by atoms with Crippen LogP contribution in [0.4, 0.5) is 18.9 Å². The zero-order valence-electron chi connectivity index (χ0n) is 11.9. The van der Waals surface area contributed by atoms with Crippen LogP contribution in [-0.4, -0.2) is 26.6 Å². The van der Waals surface area contributed by atoms with E-state index < -0.39 is 33.7 Å². The summed E-state index contributed by atoms with van der Waals surface area (Å²) >= 11 is 0. The molecule has 22 heavy (non-hydrogen) atoms. The molecule has 0 aromatic heterocycles. The highest BCUT2D eigenvalue weighted by atomic mass is 32.2. The van der Waals surface area contributed by atoms with Gasteiger partial charge in [-0.3, -0.25) is 4.79 Å². The van der Waals surface area contributed by atoms with Crippen LogP contribution in [-0.2, 0) is 27.5 Å². The van der Waals surface area contributed by atoms with Crippen LogP contribution in [0.25, 0.3) is 0 Å². The summed E-state index contributed by atoms with van der Waals surface area (Å²) in [7, 11) is -3.62. The minimum atomic E-state index is -4.58. The van der Waals surface area contributed by atoms with Crippen LogP contribution in [0.2, 0.25) is 0 Å². The molecule has 6 nitrogen and oxygen atoms in total. The van der Waals surface area contributed by atoms with Crippen LogP contribution in [0.3, 0.4) is 0 Å². The molecule has 0 spiro atoms. The van der Waals surface area contributed by atoms with Gasteiger partial charge in [0.2, 0.25) is 15.9 Å². The molecule has 1 unspecified atom stereocenters. The second kappa shape index (κ2) is 6.63. The fourth-order valence-electron chi connectivity index (χ4n) is 1.67. The van der Waals surface area contributed by atoms with Crippen LogP contribution in [0.5, 0.6) is 0 Å². The molecule has 0 saturated carbocycles. The number of carbonyl (C=O) groups is 1. The second-order valence-corrected chi connectivity index (χ2v) is 6.50. The van der Waals surface area contributed by atoms with Gasteiger partial charge in [0.1, 0.15) is 0 Å². The highest BCUT2D eigenvalue weighted by Gasteiger charge is 2.31. The van der Waals surface area contributed by atoms with Gasteiger partial charge in [-0.1, -0.05) is 0 Å². The molecule has 1 rings (SSSR count). The van der Waals surface area contributed by atoms with E-state index in [1.54, 1.807) is 0 Å². The monoisotopic (exact) mass is 339 g/mol. The second-order valence-electron chi connectivity index (χ2n) is 4.72. The summed E-state index contributed by atoms with van der Waals surface area (Å²) in [5, 5.41) is 2.23. The summed E-state index contributed by atoms with van der Waals surface area (Å²) in [6.07, 6.45) is -3.71. The summed E-state index contributed by atoms with van der Waals surface area (Å²) in [4.78, 5) is 11.8. The van der Waals surface area contributed by atoms with E-state index in [1.807, 2.05) is 4.72 Å². The molecule has 0 bridgehead atoms. The lowest BCUT2D eigenvalue weighted by Gasteiger charge is -2.15. The molecule has 0 aliphatic rings. The van der Waals surface area contributed by atoms with Crippen molar-refractivity contribution in [2.45, 2.75) is 25.7 Å². The van der Waals surface area contributed by atoms with E-state index in [9.17, 15) is 26.4 Å². The summed E-state index contributed by atoms with van der Waals surface area (Å²) < 4.78 is 62.4. The fraction of sp³-hybridized carbons (Fsp3) is 0.417. The Hall–Kier alpha value is -1.65. The van der Waals surface area contributed by atoms with Crippen molar-refractivity contribution in [2.75, 3.05) is 11.6 Å². The molecule has 1 aromatic rings. The SMILES string of the molecule is CC(NS(C)(=O)=O)C(=O)Nc1cc(CN)cc(C(F)(F)F)c1. The van der Waals surface area contributed by atoms with Crippen molar-refractivity contribution in [1.82, 2.24) is 4.72 Å². The average Bonchev–Trinajstić information content (AvgIpc) is 2.35. The van der Waals surface area contributed by atoms with Crippen molar-refractivity contribution in [1.29, 1.82) is 0 Å². The third kappa shape index (κ3) is 5.62. The highest BCUT2D eigenvalue weighted by molar-refractivity contribution is 7.88. The van der Waals surface area contributed by atoms with E-state index in [0.29, 0.717) is 0 Å². The van der Waals surface area contributed by atoms with Crippen molar-refractivity contribution >= 4 is 21.6 Å². The molecule has 4 N–H and O–H groups in total. The lowest BCUT2D eigenvalue weighted by atomic mass is 10.1. The molecule has 0 aliphatic carbocycles. The number of benzene rings is 1. The van der Waals surface area contributed by atoms with Crippen molar-refractivity contribution in [3.63, 3.8) is 0 Å². The van der Waals surface area contributed by atoms with Crippen molar-refractivity contribution in [2.24, 2.45) is 5.73 Å². The van der Waals surface area contributed by atoms with Crippen molar-refractivity contribution in [3.05, 3.63) is 29.3 Å². The minimum absolute atomic E-state index is 0.109. The first kappa shape index (κ1) is 18.4. The number of alkyl halides is 3. The van der Waals surface area contributed by atoms with Gasteiger partial charge < -0.3 is 11.1 Å². The molecule has 1 amide bonds. The molecule has 1 aromatic carbocycles. The number of anilines is 1. The third-order valence-corrected chi connectivity index (χ3v) is 3.39. The lowest BCUT2D eigenvalue weighted by Crippen LogP contribution is -2.41. The largest absolute Gasteiger partial charge is 0.416 e. The molecule has 0 fully saturated rings. The van der Waals surface area contributed by atoms with E-state index in [2.05, 4.69) is 5.32 Å². The zero-order valence-corrected chi connectivity index (χ0v) is 12.7. The van der Waals surface area contributed by atoms with Crippen LogP contribution >= 0.6 is 0 Å². The van der Waals surface area contributed by atoms with Gasteiger partial charge >= 0.3 is 6.18 Å². The highest BCUT2D eigenvalue weighted by Crippen LogP contribution is 2.32. The minimum Gasteiger partial charge on any atom is -0.326 e. The Bertz CT molecular complexity index is 659. The summed E-state index contributed by atoms with van der Waals surface area (Å²) in [5.41, 5.74) is 4.46. The molecule has 10 heteroatoms. The number of rotatable bonds is 5. The Balaban J connectivity index is 3.00. The van der Waals surface area contributed by atoms with Gasteiger partial charge in [-0.05, 0) is 30.7 Å². The first-order valence-electron chi connectivity index (χ1n) is 6.12. The number of halogens is 3. The average molecular weight is 339 g/mol. The first-order chi connectivity index (χ1) is 9.92. The third-order valence-electron chi connectivity index (χ3n) is 2.61. The van der Waals surface area contributed by atoms with Gasteiger partial charge in [0.25, 0.3) is 0 Å². The fourth-order valence-corrected chi connectivity index (χ4v) is 2.42. The molecule has 0 saturated heterocycles. The number of carbonyl (C=O) groups excluding carboxylic acids is 1. The van der Waals surface area contributed by atoms with Crippen molar-refractivity contribution < 1.29 is 26.4 Å². The molecule has 0 aliphatic heterocycles. The Morgan fingerprint density at radius 1 is 1.32 bits per heavy atom. The maximum Gasteiger partial charge on any atom is 0.416 e. The summed E-state index contributed by atoms with van der Waals surface area (Å²) in [6, 6.07) is 1.80. The topological polar surface area (TPSA) is 101 Å². The standard InChI is InChI=1S/C12H16F3N3O3S/c1-7(18-22(2,20)21)11(19)17-10-4-8(6-16)3-9(5-10)12(13,14)15/h3-5,7,18H,6,16H2,1-2H3,(H,17,19). The van der Waals surface area contributed by atoms with Gasteiger partial charge in [0.05, 0.1) is 17.9 Å². The molecule has 1 atom stereocenters. The predicted molar refractivity (Wildman–Crippen MR) is 75.4 cm³/mol. The number of amides is 1. The van der Waals surface area contributed by atoms with Crippen LogP contribution in [0.1, 0.15) is 18.1 Å². The summed E-state index contributed by atoms with van der Waals surface area (Å²) in [6.45, 7) is 1.14. The van der Waals surface area contributed by atoms with Gasteiger partial charge in [-0.2, -0.15) is 13.2 Å². The van der Waals surface area contributed by atoms with Gasteiger partial charge in [-0.25, -0.2) is 13.1 Å².